The Morgan fingerprint density at radius 3 is 2.67 bits per heavy atom. The number of rotatable bonds is 6. The largest absolute Gasteiger partial charge is 0.466 e. The van der Waals surface area contributed by atoms with Crippen LogP contribution < -0.4 is 5.32 Å². The molecule has 1 rings (SSSR count). The number of nitrogens with one attached hydrogen (secondary N) is 1. The summed E-state index contributed by atoms with van der Waals surface area (Å²) in [5.74, 6) is -0.828. The van der Waals surface area contributed by atoms with Gasteiger partial charge in [0.15, 0.2) is 0 Å². The molecule has 0 bridgehead atoms. The molecule has 0 aromatic heterocycles. The molecule has 2 N–H and O–H groups in total. The summed E-state index contributed by atoms with van der Waals surface area (Å²) in [6.07, 6.45) is -0.885. The highest BCUT2D eigenvalue weighted by Gasteiger charge is 2.34. The topological polar surface area (TPSA) is 95.9 Å². The van der Waals surface area contributed by atoms with Gasteiger partial charge in [-0.25, -0.2) is 8.42 Å². The van der Waals surface area contributed by atoms with Crippen LogP contribution in [0.5, 0.6) is 0 Å². The number of hydrogen-bond acceptors (Lipinski definition) is 6. The SMILES string of the molecule is CCOC(=O)CCS(=O)(=O)N(C)[C@H]1CNC[C@@H]1O. The fraction of sp³-hybridized carbons (Fsp3) is 0.900. The quantitative estimate of drug-likeness (QED) is 0.577. The van der Waals surface area contributed by atoms with E-state index in [1.54, 1.807) is 6.92 Å². The number of aliphatic hydroxyl groups excluding tert-OH is 1. The lowest BCUT2D eigenvalue weighted by Gasteiger charge is -2.25. The van der Waals surface area contributed by atoms with Gasteiger partial charge in [0, 0.05) is 20.1 Å². The third-order valence-electron chi connectivity index (χ3n) is 2.93. The van der Waals surface area contributed by atoms with Gasteiger partial charge in [-0.2, -0.15) is 4.31 Å². The van der Waals surface area contributed by atoms with E-state index in [2.05, 4.69) is 10.1 Å². The minimum Gasteiger partial charge on any atom is -0.466 e. The Morgan fingerprint density at radius 2 is 2.17 bits per heavy atom. The van der Waals surface area contributed by atoms with E-state index in [4.69, 9.17) is 0 Å². The van der Waals surface area contributed by atoms with Gasteiger partial charge >= 0.3 is 5.97 Å². The summed E-state index contributed by atoms with van der Waals surface area (Å²) in [4.78, 5) is 11.1. The maximum absolute atomic E-state index is 12.0. The molecule has 1 aliphatic rings. The number of β-amino-alcohol motifs (C(OH)–C–C–N with tert-alkyl or cyclic N) is 1. The van der Waals surface area contributed by atoms with E-state index in [9.17, 15) is 18.3 Å². The molecular weight excluding hydrogens is 260 g/mol. The zero-order chi connectivity index (χ0) is 13.8. The summed E-state index contributed by atoms with van der Waals surface area (Å²) in [7, 11) is -2.14. The molecule has 0 spiro atoms. The molecule has 0 radical (unpaired) electrons. The number of likely N-dealkylation sites (N-methyl/N-ethyl adjacent to an activating group) is 1. The van der Waals surface area contributed by atoms with E-state index in [1.165, 1.54) is 7.05 Å². The van der Waals surface area contributed by atoms with Crippen LogP contribution in [0, 0.1) is 0 Å². The van der Waals surface area contributed by atoms with Crippen LogP contribution in [0.4, 0.5) is 0 Å². The van der Waals surface area contributed by atoms with E-state index in [-0.39, 0.29) is 18.8 Å². The van der Waals surface area contributed by atoms with Crippen LogP contribution in [-0.4, -0.2) is 68.4 Å². The summed E-state index contributed by atoms with van der Waals surface area (Å²) in [5.41, 5.74) is 0. The Hall–Kier alpha value is -0.700. The van der Waals surface area contributed by atoms with Gasteiger partial charge in [-0.15, -0.1) is 0 Å². The van der Waals surface area contributed by atoms with Crippen LogP contribution in [0.2, 0.25) is 0 Å². The van der Waals surface area contributed by atoms with Gasteiger partial charge in [0.05, 0.1) is 30.9 Å². The van der Waals surface area contributed by atoms with Crippen molar-refractivity contribution in [2.24, 2.45) is 0 Å². The summed E-state index contributed by atoms with van der Waals surface area (Å²) in [6, 6.07) is -0.475. The molecule has 0 saturated carbocycles. The van der Waals surface area contributed by atoms with Crippen molar-refractivity contribution in [3.8, 4) is 0 Å². The molecule has 0 aromatic carbocycles. The van der Waals surface area contributed by atoms with Crippen molar-refractivity contribution >= 4 is 16.0 Å². The molecular formula is C10H20N2O5S. The standard InChI is InChI=1S/C10H20N2O5S/c1-3-17-10(14)4-5-18(15,16)12(2)8-6-11-7-9(8)13/h8-9,11,13H,3-7H2,1-2H3/t8-,9-/m0/s1. The van der Waals surface area contributed by atoms with Crippen molar-refractivity contribution in [3.05, 3.63) is 0 Å². The van der Waals surface area contributed by atoms with Gasteiger partial charge in [-0.1, -0.05) is 0 Å². The number of ether oxygens (including phenoxy) is 1. The smallest absolute Gasteiger partial charge is 0.306 e. The Morgan fingerprint density at radius 1 is 1.50 bits per heavy atom. The number of hydrogen-bond donors (Lipinski definition) is 2. The number of esters is 1. The van der Waals surface area contributed by atoms with Gasteiger partial charge in [0.1, 0.15) is 0 Å². The van der Waals surface area contributed by atoms with Gasteiger partial charge < -0.3 is 15.2 Å². The average molecular weight is 280 g/mol. The van der Waals surface area contributed by atoms with E-state index >= 15 is 0 Å². The predicted molar refractivity (Wildman–Crippen MR) is 65.5 cm³/mol. The minimum absolute atomic E-state index is 0.170. The first-order valence-corrected chi connectivity index (χ1v) is 7.49. The molecule has 0 aliphatic carbocycles. The third-order valence-corrected chi connectivity index (χ3v) is 4.79. The van der Waals surface area contributed by atoms with E-state index < -0.39 is 28.1 Å². The Bertz CT molecular complexity index is 384. The highest BCUT2D eigenvalue weighted by Crippen LogP contribution is 2.13. The molecule has 2 atom stereocenters. The monoisotopic (exact) mass is 280 g/mol. The number of nitrogens with zero attached hydrogens (tertiary/aromatic N) is 1. The number of sulfonamides is 1. The fourth-order valence-electron chi connectivity index (χ4n) is 1.82. The first-order valence-electron chi connectivity index (χ1n) is 5.88. The van der Waals surface area contributed by atoms with Crippen LogP contribution in [-0.2, 0) is 19.6 Å². The van der Waals surface area contributed by atoms with Crippen molar-refractivity contribution in [2.45, 2.75) is 25.5 Å². The van der Waals surface area contributed by atoms with Crippen LogP contribution in [0.1, 0.15) is 13.3 Å². The van der Waals surface area contributed by atoms with E-state index in [0.29, 0.717) is 13.1 Å². The zero-order valence-electron chi connectivity index (χ0n) is 10.6. The highest BCUT2D eigenvalue weighted by molar-refractivity contribution is 7.89. The number of carbonyl (C=O) groups is 1. The summed E-state index contributed by atoms with van der Waals surface area (Å²) < 4.78 is 29.7. The third kappa shape index (κ3) is 3.91. The van der Waals surface area contributed by atoms with Crippen molar-refractivity contribution in [2.75, 3.05) is 32.5 Å². The maximum atomic E-state index is 12.0. The molecule has 1 heterocycles. The second kappa shape index (κ2) is 6.46. The molecule has 0 unspecified atom stereocenters. The lowest BCUT2D eigenvalue weighted by molar-refractivity contribution is -0.142. The van der Waals surface area contributed by atoms with Crippen LogP contribution in [0.3, 0.4) is 0 Å². The maximum Gasteiger partial charge on any atom is 0.306 e. The number of aliphatic hydroxyl groups is 1. The lowest BCUT2D eigenvalue weighted by atomic mass is 10.2. The molecule has 0 aromatic rings. The Kier molecular flexibility index (Phi) is 5.51. The normalized spacial score (nSPS) is 24.4. The van der Waals surface area contributed by atoms with Crippen molar-refractivity contribution in [1.82, 2.24) is 9.62 Å². The molecule has 18 heavy (non-hydrogen) atoms. The number of carbonyl (C=O) groups excluding carboxylic acids is 1. The average Bonchev–Trinajstić information content (AvgIpc) is 2.72. The Labute approximate surface area is 107 Å². The molecule has 106 valence electrons. The minimum atomic E-state index is -3.56. The first-order chi connectivity index (χ1) is 8.38. The molecule has 1 aliphatic heterocycles. The van der Waals surface area contributed by atoms with Crippen LogP contribution in [0.25, 0.3) is 0 Å². The molecule has 8 heteroatoms. The van der Waals surface area contributed by atoms with E-state index in [1.807, 2.05) is 0 Å². The second-order valence-corrected chi connectivity index (χ2v) is 6.33. The van der Waals surface area contributed by atoms with Gasteiger partial charge in [-0.05, 0) is 6.92 Å². The predicted octanol–water partition coefficient (Wildman–Crippen LogP) is -1.47. The fourth-order valence-corrected chi connectivity index (χ4v) is 3.16. The lowest BCUT2D eigenvalue weighted by Crippen LogP contribution is -2.45. The van der Waals surface area contributed by atoms with Crippen LogP contribution in [0.15, 0.2) is 0 Å². The summed E-state index contributed by atoms with van der Waals surface area (Å²) in [5, 5.41) is 12.5. The summed E-state index contributed by atoms with van der Waals surface area (Å²) >= 11 is 0. The van der Waals surface area contributed by atoms with Gasteiger partial charge in [-0.3, -0.25) is 4.79 Å². The van der Waals surface area contributed by atoms with Gasteiger partial charge in [0.25, 0.3) is 0 Å². The molecule has 7 nitrogen and oxygen atoms in total. The van der Waals surface area contributed by atoms with E-state index in [0.717, 1.165) is 4.31 Å². The zero-order valence-corrected chi connectivity index (χ0v) is 11.4. The molecule has 0 amide bonds. The van der Waals surface area contributed by atoms with Gasteiger partial charge in [0.2, 0.25) is 10.0 Å². The summed E-state index contributed by atoms with van der Waals surface area (Å²) in [6.45, 7) is 2.69. The first kappa shape index (κ1) is 15.4. The highest BCUT2D eigenvalue weighted by atomic mass is 32.2. The van der Waals surface area contributed by atoms with Crippen molar-refractivity contribution < 1.29 is 23.1 Å². The van der Waals surface area contributed by atoms with Crippen LogP contribution >= 0.6 is 0 Å². The van der Waals surface area contributed by atoms with Crippen molar-refractivity contribution in [3.63, 3.8) is 0 Å². The molecule has 1 fully saturated rings. The second-order valence-electron chi connectivity index (χ2n) is 4.18. The molecule has 1 saturated heterocycles. The van der Waals surface area contributed by atoms with Crippen molar-refractivity contribution in [1.29, 1.82) is 0 Å². The Balaban J connectivity index is 2.54.